The topological polar surface area (TPSA) is 118 Å². The Labute approximate surface area is 216 Å². The summed E-state index contributed by atoms with van der Waals surface area (Å²) in [4.78, 5) is 42.3. The van der Waals surface area contributed by atoms with Crippen LogP contribution in [0.1, 0.15) is 73.0 Å². The second-order valence-corrected chi connectivity index (χ2v) is 9.29. The monoisotopic (exact) mass is 520 g/mol. The number of amides is 2. The summed E-state index contributed by atoms with van der Waals surface area (Å²) in [5.74, 6) is -1.41. The number of carbonyl (C=O) groups excluding carboxylic acids is 3. The number of halogens is 2. The molecule has 0 fully saturated rings. The minimum atomic E-state index is -0.550. The van der Waals surface area contributed by atoms with Crippen LogP contribution in [-0.2, 0) is 13.0 Å². The second kappa shape index (κ2) is 9.70. The number of carbonyl (C=O) groups is 3. The van der Waals surface area contributed by atoms with Crippen molar-refractivity contribution in [2.75, 3.05) is 0 Å². The van der Waals surface area contributed by atoms with Crippen molar-refractivity contribution in [1.82, 2.24) is 30.2 Å². The molecule has 188 valence electrons. The van der Waals surface area contributed by atoms with Crippen molar-refractivity contribution in [2.24, 2.45) is 0 Å². The first kappa shape index (κ1) is 24.5. The van der Waals surface area contributed by atoms with E-state index in [4.69, 9.17) is 11.6 Å². The van der Waals surface area contributed by atoms with Crippen LogP contribution in [0.2, 0.25) is 5.02 Å². The molecule has 0 unspecified atom stereocenters. The van der Waals surface area contributed by atoms with Crippen LogP contribution in [0.5, 0.6) is 0 Å². The molecule has 37 heavy (non-hydrogen) atoms. The molecule has 5 rings (SSSR count). The number of nitrogens with zero attached hydrogens (tertiary/aromatic N) is 4. The van der Waals surface area contributed by atoms with E-state index in [9.17, 15) is 18.8 Å². The number of aromatic nitrogens is 4. The van der Waals surface area contributed by atoms with Crippen LogP contribution in [0.3, 0.4) is 0 Å². The van der Waals surface area contributed by atoms with E-state index in [0.717, 1.165) is 23.1 Å². The standard InChI is InChI=1S/C26H22ClFN6O3/c1-13-16(14(2)35)4-5-18-17(13)6-8-21(18)31-25(37)23-10-22(32-26-33-30-12-34(23)26)24(36)29-11-15-3-7-20(28)19(27)9-15/h3-5,7,9-10,12,21H,6,8,11H2,1-2H3,(H,29,36)(H,31,37)/t21-/m0/s1. The molecular formula is C26H22ClFN6O3. The SMILES string of the molecule is CC(=O)c1ccc2c(c1C)CC[C@@H]2NC(=O)c1cc(C(=O)NCc2ccc(F)c(Cl)c2)nc2nncn12. The van der Waals surface area contributed by atoms with Crippen molar-refractivity contribution in [3.63, 3.8) is 0 Å². The van der Waals surface area contributed by atoms with Gasteiger partial charge in [-0.15, -0.1) is 10.2 Å². The summed E-state index contributed by atoms with van der Waals surface area (Å²) in [6.45, 7) is 3.55. The Morgan fingerprint density at radius 1 is 1.16 bits per heavy atom. The highest BCUT2D eigenvalue weighted by molar-refractivity contribution is 6.30. The molecule has 11 heteroatoms. The van der Waals surface area contributed by atoms with Gasteiger partial charge in [-0.05, 0) is 67.1 Å². The van der Waals surface area contributed by atoms with Crippen molar-refractivity contribution < 1.29 is 18.8 Å². The number of ketones is 1. The first-order valence-electron chi connectivity index (χ1n) is 11.6. The number of fused-ring (bicyclic) bond motifs is 2. The van der Waals surface area contributed by atoms with E-state index >= 15 is 0 Å². The minimum Gasteiger partial charge on any atom is -0.347 e. The fourth-order valence-corrected chi connectivity index (χ4v) is 4.87. The van der Waals surface area contributed by atoms with E-state index in [1.54, 1.807) is 13.0 Å². The summed E-state index contributed by atoms with van der Waals surface area (Å²) in [5.41, 5.74) is 4.40. The molecule has 2 amide bonds. The summed E-state index contributed by atoms with van der Waals surface area (Å²) in [7, 11) is 0. The lowest BCUT2D eigenvalue weighted by molar-refractivity contribution is 0.0929. The molecule has 2 N–H and O–H groups in total. The fraction of sp³-hybridized carbons (Fsp3) is 0.231. The maximum atomic E-state index is 13.4. The highest BCUT2D eigenvalue weighted by Crippen LogP contribution is 2.35. The summed E-state index contributed by atoms with van der Waals surface area (Å²) >= 11 is 5.81. The van der Waals surface area contributed by atoms with Crippen LogP contribution in [0.25, 0.3) is 5.78 Å². The van der Waals surface area contributed by atoms with E-state index in [1.165, 1.54) is 35.0 Å². The molecule has 0 radical (unpaired) electrons. The molecule has 0 aliphatic heterocycles. The van der Waals surface area contributed by atoms with Gasteiger partial charge in [-0.2, -0.15) is 0 Å². The van der Waals surface area contributed by atoms with Crippen LogP contribution >= 0.6 is 11.6 Å². The van der Waals surface area contributed by atoms with Crippen LogP contribution < -0.4 is 10.6 Å². The molecule has 2 aromatic heterocycles. The lowest BCUT2D eigenvalue weighted by Crippen LogP contribution is -2.30. The maximum absolute atomic E-state index is 13.4. The predicted octanol–water partition coefficient (Wildman–Crippen LogP) is 3.78. The van der Waals surface area contributed by atoms with E-state index in [-0.39, 0.29) is 40.6 Å². The molecule has 0 saturated carbocycles. The third-order valence-electron chi connectivity index (χ3n) is 6.56. The Morgan fingerprint density at radius 3 is 2.73 bits per heavy atom. The highest BCUT2D eigenvalue weighted by atomic mass is 35.5. The van der Waals surface area contributed by atoms with Crippen molar-refractivity contribution in [2.45, 2.75) is 39.3 Å². The summed E-state index contributed by atoms with van der Waals surface area (Å²) in [6, 6.07) is 8.96. The van der Waals surface area contributed by atoms with Gasteiger partial charge in [-0.25, -0.2) is 9.37 Å². The molecule has 1 atom stereocenters. The molecular weight excluding hydrogens is 499 g/mol. The molecule has 0 spiro atoms. The molecule has 2 aromatic carbocycles. The van der Waals surface area contributed by atoms with Gasteiger partial charge in [0.2, 0.25) is 0 Å². The number of benzene rings is 2. The molecule has 4 aromatic rings. The summed E-state index contributed by atoms with van der Waals surface area (Å²) < 4.78 is 14.8. The molecule has 2 heterocycles. The average Bonchev–Trinajstić information content (AvgIpc) is 3.51. The van der Waals surface area contributed by atoms with Gasteiger partial charge in [-0.3, -0.25) is 18.8 Å². The largest absolute Gasteiger partial charge is 0.347 e. The van der Waals surface area contributed by atoms with Crippen molar-refractivity contribution in [3.05, 3.63) is 92.8 Å². The van der Waals surface area contributed by atoms with Gasteiger partial charge in [0.1, 0.15) is 23.5 Å². The highest BCUT2D eigenvalue weighted by Gasteiger charge is 2.28. The van der Waals surface area contributed by atoms with E-state index in [0.29, 0.717) is 17.5 Å². The van der Waals surface area contributed by atoms with Crippen LogP contribution in [0.4, 0.5) is 4.39 Å². The lowest BCUT2D eigenvalue weighted by atomic mass is 9.96. The Bertz CT molecular complexity index is 1580. The summed E-state index contributed by atoms with van der Waals surface area (Å²) in [5, 5.41) is 13.4. The van der Waals surface area contributed by atoms with E-state index in [1.807, 2.05) is 13.0 Å². The molecule has 9 nitrogen and oxygen atoms in total. The molecule has 1 aliphatic rings. The third-order valence-corrected chi connectivity index (χ3v) is 6.85. The summed E-state index contributed by atoms with van der Waals surface area (Å²) in [6.07, 6.45) is 2.78. The number of rotatable bonds is 6. The Balaban J connectivity index is 1.37. The van der Waals surface area contributed by atoms with Crippen molar-refractivity contribution in [1.29, 1.82) is 0 Å². The van der Waals surface area contributed by atoms with Crippen molar-refractivity contribution >= 4 is 35.0 Å². The third kappa shape index (κ3) is 4.67. The first-order valence-corrected chi connectivity index (χ1v) is 12.0. The second-order valence-electron chi connectivity index (χ2n) is 8.89. The molecule has 0 saturated heterocycles. The zero-order chi connectivity index (χ0) is 26.3. The van der Waals surface area contributed by atoms with Gasteiger partial charge in [0, 0.05) is 12.1 Å². The van der Waals surface area contributed by atoms with Gasteiger partial charge in [0.25, 0.3) is 17.6 Å². The average molecular weight is 521 g/mol. The van der Waals surface area contributed by atoms with Crippen LogP contribution in [0.15, 0.2) is 42.7 Å². The Morgan fingerprint density at radius 2 is 1.97 bits per heavy atom. The predicted molar refractivity (Wildman–Crippen MR) is 133 cm³/mol. The maximum Gasteiger partial charge on any atom is 0.270 e. The quantitative estimate of drug-likeness (QED) is 0.374. The zero-order valence-electron chi connectivity index (χ0n) is 20.0. The zero-order valence-corrected chi connectivity index (χ0v) is 20.8. The van der Waals surface area contributed by atoms with Gasteiger partial charge in [0.15, 0.2) is 5.78 Å². The van der Waals surface area contributed by atoms with E-state index in [2.05, 4.69) is 25.8 Å². The smallest absolute Gasteiger partial charge is 0.270 e. The number of hydrogen-bond donors (Lipinski definition) is 2. The number of hydrogen-bond acceptors (Lipinski definition) is 6. The van der Waals surface area contributed by atoms with Gasteiger partial charge >= 0.3 is 0 Å². The lowest BCUT2D eigenvalue weighted by Gasteiger charge is -2.16. The number of nitrogens with one attached hydrogen (secondary N) is 2. The fourth-order valence-electron chi connectivity index (χ4n) is 4.67. The van der Waals surface area contributed by atoms with Crippen LogP contribution in [0, 0.1) is 12.7 Å². The molecule has 1 aliphatic carbocycles. The normalized spacial score (nSPS) is 14.4. The Hall–Kier alpha value is -4.18. The molecule has 0 bridgehead atoms. The van der Waals surface area contributed by atoms with Gasteiger partial charge in [-0.1, -0.05) is 29.8 Å². The number of Topliss-reactive ketones (excluding diaryl/α,β-unsaturated/α-hetero) is 1. The minimum absolute atomic E-state index is 0.00732. The van der Waals surface area contributed by atoms with Gasteiger partial charge < -0.3 is 10.6 Å². The van der Waals surface area contributed by atoms with Crippen molar-refractivity contribution in [3.8, 4) is 0 Å². The first-order chi connectivity index (χ1) is 17.7. The van der Waals surface area contributed by atoms with E-state index < -0.39 is 17.6 Å². The Kier molecular flexibility index (Phi) is 6.43. The van der Waals surface area contributed by atoms with Gasteiger partial charge in [0.05, 0.1) is 11.1 Å². The van der Waals surface area contributed by atoms with Crippen LogP contribution in [-0.4, -0.2) is 37.2 Å².